The van der Waals surface area contributed by atoms with Gasteiger partial charge >= 0.3 is 0 Å². The number of anilines is 1. The Morgan fingerprint density at radius 3 is 2.34 bits per heavy atom. The summed E-state index contributed by atoms with van der Waals surface area (Å²) < 4.78 is 26.1. The van der Waals surface area contributed by atoms with Crippen LogP contribution in [-0.2, 0) is 26.2 Å². The van der Waals surface area contributed by atoms with Gasteiger partial charge in [-0.1, -0.05) is 48.3 Å². The second kappa shape index (κ2) is 11.0. The maximum atomic E-state index is 13.4. The van der Waals surface area contributed by atoms with Crippen LogP contribution in [0.25, 0.3) is 0 Å². The molecule has 2 amide bonds. The fourth-order valence-electron chi connectivity index (χ4n) is 3.32. The zero-order valence-corrected chi connectivity index (χ0v) is 20.8. The second-order valence-electron chi connectivity index (χ2n) is 7.40. The quantitative estimate of drug-likeness (QED) is 0.570. The lowest BCUT2D eigenvalue weighted by Crippen LogP contribution is -2.51. The first kappa shape index (κ1) is 26.0. The van der Waals surface area contributed by atoms with E-state index >= 15 is 0 Å². The van der Waals surface area contributed by atoms with Crippen LogP contribution in [0, 0.1) is 6.92 Å². The van der Waals surface area contributed by atoms with Gasteiger partial charge in [-0.3, -0.25) is 13.9 Å². The van der Waals surface area contributed by atoms with E-state index in [1.54, 1.807) is 43.3 Å². The standard InChI is InChI=1S/C22H27Cl2N3O4S/c1-5-20(22(29)25-3)26(13-16-9-10-17(23)12-19(16)24)21(28)14-27(32(4,30)31)18-8-6-7-15(2)11-18/h6-12,20H,5,13-14H2,1-4H3,(H,25,29)/t20-/m1/s1. The van der Waals surface area contributed by atoms with Crippen LogP contribution in [0.5, 0.6) is 0 Å². The van der Waals surface area contributed by atoms with Crippen LogP contribution in [0.2, 0.25) is 10.0 Å². The molecule has 32 heavy (non-hydrogen) atoms. The topological polar surface area (TPSA) is 86.8 Å². The molecule has 174 valence electrons. The van der Waals surface area contributed by atoms with Gasteiger partial charge < -0.3 is 10.2 Å². The SMILES string of the molecule is CC[C@H](C(=O)NC)N(Cc1ccc(Cl)cc1Cl)C(=O)CN(c1cccc(C)c1)S(C)(=O)=O. The number of benzene rings is 2. The van der Waals surface area contributed by atoms with E-state index in [-0.39, 0.29) is 12.5 Å². The number of hydrogen-bond donors (Lipinski definition) is 1. The number of hydrogen-bond acceptors (Lipinski definition) is 4. The molecule has 0 bridgehead atoms. The highest BCUT2D eigenvalue weighted by Gasteiger charge is 2.31. The Morgan fingerprint density at radius 2 is 1.81 bits per heavy atom. The molecule has 0 fully saturated rings. The van der Waals surface area contributed by atoms with Gasteiger partial charge in [-0.2, -0.15) is 0 Å². The summed E-state index contributed by atoms with van der Waals surface area (Å²) in [6, 6.07) is 10.9. The molecule has 0 spiro atoms. The maximum Gasteiger partial charge on any atom is 0.244 e. The third-order valence-corrected chi connectivity index (χ3v) is 6.68. The molecule has 0 heterocycles. The number of nitrogens with zero attached hydrogens (tertiary/aromatic N) is 2. The normalized spacial score (nSPS) is 12.2. The van der Waals surface area contributed by atoms with Gasteiger partial charge in [0.2, 0.25) is 21.8 Å². The van der Waals surface area contributed by atoms with Gasteiger partial charge in [-0.05, 0) is 48.7 Å². The van der Waals surface area contributed by atoms with E-state index < -0.39 is 28.5 Å². The smallest absolute Gasteiger partial charge is 0.244 e. The fraction of sp³-hybridized carbons (Fsp3) is 0.364. The second-order valence-corrected chi connectivity index (χ2v) is 10.2. The summed E-state index contributed by atoms with van der Waals surface area (Å²) in [6.07, 6.45) is 1.37. The summed E-state index contributed by atoms with van der Waals surface area (Å²) in [5.74, 6) is -0.884. The number of nitrogens with one attached hydrogen (secondary N) is 1. The number of carbonyl (C=O) groups is 2. The van der Waals surface area contributed by atoms with Crippen molar-refractivity contribution >= 4 is 50.7 Å². The van der Waals surface area contributed by atoms with Crippen LogP contribution in [0.15, 0.2) is 42.5 Å². The Morgan fingerprint density at radius 1 is 1.12 bits per heavy atom. The molecule has 0 saturated heterocycles. The molecule has 0 radical (unpaired) electrons. The van der Waals surface area contributed by atoms with Crippen molar-refractivity contribution in [3.05, 3.63) is 63.6 Å². The summed E-state index contributed by atoms with van der Waals surface area (Å²) in [5, 5.41) is 3.35. The number of halogens is 2. The Labute approximate surface area is 199 Å². The molecular weight excluding hydrogens is 473 g/mol. The van der Waals surface area contributed by atoms with Crippen molar-refractivity contribution in [3.8, 4) is 0 Å². The molecule has 2 aromatic rings. The first-order valence-corrected chi connectivity index (χ1v) is 12.6. The number of amides is 2. The van der Waals surface area contributed by atoms with Gasteiger partial charge in [0.25, 0.3) is 0 Å². The molecule has 2 rings (SSSR count). The summed E-state index contributed by atoms with van der Waals surface area (Å²) in [6.45, 7) is 3.17. The molecule has 0 unspecified atom stereocenters. The van der Waals surface area contributed by atoms with E-state index in [0.717, 1.165) is 16.1 Å². The molecule has 0 aliphatic heterocycles. The van der Waals surface area contributed by atoms with E-state index in [9.17, 15) is 18.0 Å². The van der Waals surface area contributed by atoms with Crippen LogP contribution in [-0.4, -0.2) is 51.0 Å². The molecule has 0 aromatic heterocycles. The molecule has 0 aliphatic rings. The lowest BCUT2D eigenvalue weighted by atomic mass is 10.1. The Hall–Kier alpha value is -2.29. The maximum absolute atomic E-state index is 13.4. The van der Waals surface area contributed by atoms with Crippen LogP contribution in [0.3, 0.4) is 0 Å². The zero-order valence-electron chi connectivity index (χ0n) is 18.4. The van der Waals surface area contributed by atoms with Crippen LogP contribution >= 0.6 is 23.2 Å². The lowest BCUT2D eigenvalue weighted by molar-refractivity contribution is -0.140. The highest BCUT2D eigenvalue weighted by Crippen LogP contribution is 2.25. The highest BCUT2D eigenvalue weighted by molar-refractivity contribution is 7.92. The predicted molar refractivity (Wildman–Crippen MR) is 129 cm³/mol. The third kappa shape index (κ3) is 6.60. The summed E-state index contributed by atoms with van der Waals surface area (Å²) in [5.41, 5.74) is 1.82. The minimum absolute atomic E-state index is 0.0200. The van der Waals surface area contributed by atoms with Gasteiger partial charge in [0, 0.05) is 23.6 Å². The van der Waals surface area contributed by atoms with E-state index in [2.05, 4.69) is 5.32 Å². The van der Waals surface area contributed by atoms with Crippen molar-refractivity contribution in [1.29, 1.82) is 0 Å². The summed E-state index contributed by atoms with van der Waals surface area (Å²) >= 11 is 12.3. The van der Waals surface area contributed by atoms with Crippen molar-refractivity contribution in [2.24, 2.45) is 0 Å². The third-order valence-electron chi connectivity index (χ3n) is 4.96. The van der Waals surface area contributed by atoms with Crippen molar-refractivity contribution in [1.82, 2.24) is 10.2 Å². The number of likely N-dealkylation sites (N-methyl/N-ethyl adjacent to an activating group) is 1. The molecule has 10 heteroatoms. The minimum Gasteiger partial charge on any atom is -0.357 e. The lowest BCUT2D eigenvalue weighted by Gasteiger charge is -2.32. The van der Waals surface area contributed by atoms with Crippen LogP contribution < -0.4 is 9.62 Å². The van der Waals surface area contributed by atoms with Gasteiger partial charge in [0.05, 0.1) is 11.9 Å². The Kier molecular flexibility index (Phi) is 8.95. The molecule has 1 atom stereocenters. The van der Waals surface area contributed by atoms with E-state index in [0.29, 0.717) is 27.7 Å². The van der Waals surface area contributed by atoms with Crippen molar-refractivity contribution in [2.75, 3.05) is 24.2 Å². The molecule has 7 nitrogen and oxygen atoms in total. The molecule has 0 saturated carbocycles. The monoisotopic (exact) mass is 499 g/mol. The highest BCUT2D eigenvalue weighted by atomic mass is 35.5. The largest absolute Gasteiger partial charge is 0.357 e. The average molecular weight is 500 g/mol. The minimum atomic E-state index is -3.77. The number of rotatable bonds is 9. The molecule has 0 aliphatic carbocycles. The summed E-state index contributed by atoms with van der Waals surface area (Å²) in [7, 11) is -2.28. The summed E-state index contributed by atoms with van der Waals surface area (Å²) in [4.78, 5) is 27.3. The Bertz CT molecular complexity index is 1090. The molecule has 2 aromatic carbocycles. The molecular formula is C22H27Cl2N3O4S. The first-order chi connectivity index (χ1) is 15.0. The van der Waals surface area contributed by atoms with Crippen LogP contribution in [0.1, 0.15) is 24.5 Å². The first-order valence-electron chi connectivity index (χ1n) is 9.97. The van der Waals surface area contributed by atoms with Gasteiger partial charge in [-0.15, -0.1) is 0 Å². The number of aryl methyl sites for hydroxylation is 1. The van der Waals surface area contributed by atoms with Crippen molar-refractivity contribution in [3.63, 3.8) is 0 Å². The number of sulfonamides is 1. The fourth-order valence-corrected chi connectivity index (χ4v) is 4.63. The Balaban J connectivity index is 2.46. The van der Waals surface area contributed by atoms with Gasteiger partial charge in [0.1, 0.15) is 12.6 Å². The van der Waals surface area contributed by atoms with Gasteiger partial charge in [0.15, 0.2) is 0 Å². The zero-order chi connectivity index (χ0) is 24.1. The molecule has 1 N–H and O–H groups in total. The predicted octanol–water partition coefficient (Wildman–Crippen LogP) is 3.62. The van der Waals surface area contributed by atoms with Crippen molar-refractivity contribution < 1.29 is 18.0 Å². The van der Waals surface area contributed by atoms with E-state index in [4.69, 9.17) is 23.2 Å². The van der Waals surface area contributed by atoms with Gasteiger partial charge in [-0.25, -0.2) is 8.42 Å². The van der Waals surface area contributed by atoms with Crippen LogP contribution in [0.4, 0.5) is 5.69 Å². The van der Waals surface area contributed by atoms with E-state index in [1.165, 1.54) is 11.9 Å². The average Bonchev–Trinajstić information content (AvgIpc) is 2.72. The van der Waals surface area contributed by atoms with E-state index in [1.807, 2.05) is 13.0 Å². The number of carbonyl (C=O) groups excluding carboxylic acids is 2. The van der Waals surface area contributed by atoms with Crippen molar-refractivity contribution in [2.45, 2.75) is 32.9 Å².